The van der Waals surface area contributed by atoms with Gasteiger partial charge >= 0.3 is 0 Å². The number of rotatable bonds is 2. The summed E-state index contributed by atoms with van der Waals surface area (Å²) in [7, 11) is 0. The molecule has 34 heavy (non-hydrogen) atoms. The number of hydrogen-bond donors (Lipinski definition) is 2. The van der Waals surface area contributed by atoms with Gasteiger partial charge in [-0.1, -0.05) is 24.3 Å². The van der Waals surface area contributed by atoms with Crippen LogP contribution in [0.1, 0.15) is 64.6 Å². The fraction of sp³-hybridized carbons (Fsp3) is 0.321. The number of ether oxygens (including phenoxy) is 1. The van der Waals surface area contributed by atoms with Crippen LogP contribution in [0.4, 0.5) is 0 Å². The summed E-state index contributed by atoms with van der Waals surface area (Å²) in [5, 5.41) is 22.5. The van der Waals surface area contributed by atoms with Gasteiger partial charge in [0.1, 0.15) is 11.5 Å². The highest BCUT2D eigenvalue weighted by Crippen LogP contribution is 2.60. The Morgan fingerprint density at radius 3 is 2.26 bits per heavy atom. The summed E-state index contributed by atoms with van der Waals surface area (Å²) in [5.41, 5.74) is 1.95. The van der Waals surface area contributed by atoms with E-state index < -0.39 is 17.1 Å². The van der Waals surface area contributed by atoms with Crippen LogP contribution in [0.25, 0.3) is 0 Å². The van der Waals surface area contributed by atoms with Crippen LogP contribution in [0.3, 0.4) is 0 Å². The molecule has 3 unspecified atom stereocenters. The number of phenols is 1. The van der Waals surface area contributed by atoms with Crippen LogP contribution >= 0.6 is 0 Å². The molecule has 2 N–H and O–H groups in total. The summed E-state index contributed by atoms with van der Waals surface area (Å²) in [6.45, 7) is 8.44. The molecule has 174 valence electrons. The van der Waals surface area contributed by atoms with Gasteiger partial charge in [0.25, 0.3) is 0 Å². The number of ketones is 3. The number of benzene rings is 2. The van der Waals surface area contributed by atoms with Crippen molar-refractivity contribution in [2.24, 2.45) is 5.92 Å². The first-order valence-electron chi connectivity index (χ1n) is 11.3. The SMILES string of the molecule is CC1=CC(=O)C(CC2=C(C)C(=O)c3ccccc3C2=O)C2(C)c3c(cc(C)c(O)c3C)OC12O. The van der Waals surface area contributed by atoms with Crippen LogP contribution in [0.15, 0.2) is 53.1 Å². The smallest absolute Gasteiger partial charge is 0.241 e. The van der Waals surface area contributed by atoms with E-state index in [0.717, 1.165) is 0 Å². The summed E-state index contributed by atoms with van der Waals surface area (Å²) in [5.74, 6) is -3.07. The topological polar surface area (TPSA) is 101 Å². The molecule has 0 radical (unpaired) electrons. The second-order valence-corrected chi connectivity index (χ2v) is 9.78. The van der Waals surface area contributed by atoms with E-state index in [1.54, 1.807) is 65.0 Å². The molecular formula is C28H26O6. The molecule has 0 saturated heterocycles. The monoisotopic (exact) mass is 458 g/mol. The second kappa shape index (κ2) is 7.00. The van der Waals surface area contributed by atoms with E-state index in [1.165, 1.54) is 6.08 Å². The molecule has 6 nitrogen and oxygen atoms in total. The van der Waals surface area contributed by atoms with Crippen LogP contribution in [0, 0.1) is 19.8 Å². The molecule has 2 aliphatic carbocycles. The van der Waals surface area contributed by atoms with Crippen LogP contribution in [-0.2, 0) is 10.2 Å². The third kappa shape index (κ3) is 2.57. The van der Waals surface area contributed by atoms with E-state index in [4.69, 9.17) is 4.74 Å². The first-order chi connectivity index (χ1) is 15.9. The molecule has 0 saturated carbocycles. The summed E-state index contributed by atoms with van der Waals surface area (Å²) in [6, 6.07) is 8.32. The number of fused-ring (bicyclic) bond motifs is 4. The van der Waals surface area contributed by atoms with E-state index in [0.29, 0.717) is 44.7 Å². The summed E-state index contributed by atoms with van der Waals surface area (Å²) < 4.78 is 6.09. The molecular weight excluding hydrogens is 432 g/mol. The standard InChI is InChI=1S/C28H26O6/c1-13-10-22-23(16(4)24(13)30)27(5)20(21(29)11-14(2)28(27,33)34-22)12-19-15(3)25(31)17-8-6-7-9-18(17)26(19)32/h6-11,20,30,33H,12H2,1-5H3. The van der Waals surface area contributed by atoms with Crippen molar-refractivity contribution in [3.05, 3.63) is 80.9 Å². The minimum absolute atomic E-state index is 0.0386. The van der Waals surface area contributed by atoms with Crippen molar-refractivity contribution in [2.45, 2.75) is 52.2 Å². The molecule has 3 aliphatic rings. The first-order valence-corrected chi connectivity index (χ1v) is 11.3. The summed E-state index contributed by atoms with van der Waals surface area (Å²) >= 11 is 0. The average molecular weight is 459 g/mol. The van der Waals surface area contributed by atoms with Gasteiger partial charge in [-0.2, -0.15) is 0 Å². The van der Waals surface area contributed by atoms with Gasteiger partial charge in [0, 0.05) is 39.3 Å². The number of allylic oxidation sites excluding steroid dienone is 3. The molecule has 0 fully saturated rings. The van der Waals surface area contributed by atoms with Crippen molar-refractivity contribution in [1.82, 2.24) is 0 Å². The number of carbonyl (C=O) groups is 3. The van der Waals surface area contributed by atoms with Gasteiger partial charge in [-0.3, -0.25) is 14.4 Å². The number of aryl methyl sites for hydroxylation is 1. The highest BCUT2D eigenvalue weighted by atomic mass is 16.6. The predicted molar refractivity (Wildman–Crippen MR) is 125 cm³/mol. The second-order valence-electron chi connectivity index (χ2n) is 9.78. The minimum atomic E-state index is -1.84. The Labute approximate surface area is 197 Å². The lowest BCUT2D eigenvalue weighted by molar-refractivity contribution is -0.165. The van der Waals surface area contributed by atoms with Crippen LogP contribution in [0.2, 0.25) is 0 Å². The quantitative estimate of drug-likeness (QED) is 0.697. The Morgan fingerprint density at radius 2 is 1.62 bits per heavy atom. The molecule has 0 bridgehead atoms. The number of Topliss-reactive ketones (excluding diaryl/α,β-unsaturated/α-hetero) is 2. The molecule has 0 spiro atoms. The molecule has 0 aromatic heterocycles. The van der Waals surface area contributed by atoms with Gasteiger partial charge in [-0.15, -0.1) is 0 Å². The van der Waals surface area contributed by atoms with Crippen molar-refractivity contribution < 1.29 is 29.3 Å². The number of hydrogen-bond acceptors (Lipinski definition) is 6. The molecule has 1 aliphatic heterocycles. The van der Waals surface area contributed by atoms with Gasteiger partial charge in [-0.25, -0.2) is 0 Å². The lowest BCUT2D eigenvalue weighted by atomic mass is 9.58. The van der Waals surface area contributed by atoms with E-state index in [2.05, 4.69) is 0 Å². The van der Waals surface area contributed by atoms with Gasteiger partial charge < -0.3 is 14.9 Å². The summed E-state index contributed by atoms with van der Waals surface area (Å²) in [6.07, 6.45) is 1.32. The molecule has 3 atom stereocenters. The highest BCUT2D eigenvalue weighted by molar-refractivity contribution is 6.26. The summed E-state index contributed by atoms with van der Waals surface area (Å²) in [4.78, 5) is 39.9. The Balaban J connectivity index is 1.71. The maximum absolute atomic E-state index is 13.5. The lowest BCUT2D eigenvalue weighted by Gasteiger charge is -2.46. The third-order valence-electron chi connectivity index (χ3n) is 8.00. The normalized spacial score (nSPS) is 27.8. The molecule has 6 heteroatoms. The first kappa shape index (κ1) is 22.3. The molecule has 5 rings (SSSR count). The fourth-order valence-electron chi connectivity index (χ4n) is 6.00. The predicted octanol–water partition coefficient (Wildman–Crippen LogP) is 4.28. The van der Waals surface area contributed by atoms with Crippen molar-refractivity contribution in [3.8, 4) is 11.5 Å². The van der Waals surface area contributed by atoms with Gasteiger partial charge in [0.15, 0.2) is 17.3 Å². The van der Waals surface area contributed by atoms with Gasteiger partial charge in [0.2, 0.25) is 5.79 Å². The van der Waals surface area contributed by atoms with E-state index in [9.17, 15) is 24.6 Å². The Bertz CT molecular complexity index is 1390. The largest absolute Gasteiger partial charge is 0.507 e. The van der Waals surface area contributed by atoms with Crippen LogP contribution in [-0.4, -0.2) is 33.3 Å². The number of carbonyl (C=O) groups excluding carboxylic acids is 3. The number of phenolic OH excluding ortho intramolecular Hbond substituents is 1. The van der Waals surface area contributed by atoms with Crippen LogP contribution in [0.5, 0.6) is 11.5 Å². The zero-order valence-corrected chi connectivity index (χ0v) is 19.8. The van der Waals surface area contributed by atoms with Gasteiger partial charge in [0.05, 0.1) is 5.41 Å². The third-order valence-corrected chi connectivity index (χ3v) is 8.00. The molecule has 2 aromatic rings. The lowest BCUT2D eigenvalue weighted by Crippen LogP contribution is -2.59. The zero-order chi connectivity index (χ0) is 24.7. The molecule has 0 amide bonds. The van der Waals surface area contributed by atoms with Crippen molar-refractivity contribution >= 4 is 17.3 Å². The fourth-order valence-corrected chi connectivity index (χ4v) is 6.00. The Kier molecular flexibility index (Phi) is 4.59. The molecule has 2 aromatic carbocycles. The Morgan fingerprint density at radius 1 is 1.00 bits per heavy atom. The average Bonchev–Trinajstić information content (AvgIpc) is 3.03. The van der Waals surface area contributed by atoms with E-state index in [1.807, 2.05) is 0 Å². The van der Waals surface area contributed by atoms with Crippen LogP contribution < -0.4 is 4.74 Å². The highest BCUT2D eigenvalue weighted by Gasteiger charge is 2.66. The minimum Gasteiger partial charge on any atom is -0.507 e. The van der Waals surface area contributed by atoms with E-state index >= 15 is 0 Å². The maximum atomic E-state index is 13.5. The molecule has 1 heterocycles. The van der Waals surface area contributed by atoms with Gasteiger partial charge in [-0.05, 0) is 64.3 Å². The van der Waals surface area contributed by atoms with Crippen molar-refractivity contribution in [1.29, 1.82) is 0 Å². The zero-order valence-electron chi connectivity index (χ0n) is 19.8. The van der Waals surface area contributed by atoms with Crippen molar-refractivity contribution in [2.75, 3.05) is 0 Å². The number of aromatic hydroxyl groups is 1. The van der Waals surface area contributed by atoms with Crippen molar-refractivity contribution in [3.63, 3.8) is 0 Å². The van der Waals surface area contributed by atoms with E-state index in [-0.39, 0.29) is 35.1 Å². The number of aliphatic hydroxyl groups is 1. The maximum Gasteiger partial charge on any atom is 0.241 e. The Hall–Kier alpha value is -3.51.